The second-order valence-electron chi connectivity index (χ2n) is 9.21. The average Bonchev–Trinajstić information content (AvgIpc) is 3.34. The Balaban J connectivity index is 0.00000210. The van der Waals surface area contributed by atoms with E-state index >= 15 is 0 Å². The Labute approximate surface area is 182 Å². The van der Waals surface area contributed by atoms with E-state index in [1.54, 1.807) is 0 Å². The van der Waals surface area contributed by atoms with Crippen molar-refractivity contribution >= 4 is 29.9 Å². The van der Waals surface area contributed by atoms with Gasteiger partial charge in [0.2, 0.25) is 0 Å². The molecule has 156 valence electrons. The highest BCUT2D eigenvalue weighted by Gasteiger charge is 2.43. The first kappa shape index (κ1) is 21.6. The Bertz CT molecular complexity index is 494. The van der Waals surface area contributed by atoms with E-state index in [0.29, 0.717) is 11.0 Å². The Morgan fingerprint density at radius 1 is 0.963 bits per heavy atom. The summed E-state index contributed by atoms with van der Waals surface area (Å²) in [5.41, 5.74) is 0.759. The van der Waals surface area contributed by atoms with Crippen LogP contribution in [-0.4, -0.2) is 74.3 Å². The van der Waals surface area contributed by atoms with Crippen LogP contribution >= 0.6 is 24.0 Å². The third kappa shape index (κ3) is 4.74. The summed E-state index contributed by atoms with van der Waals surface area (Å²) in [4.78, 5) is 9.97. The number of guanidine groups is 1. The molecule has 1 atom stereocenters. The van der Waals surface area contributed by atoms with Crippen LogP contribution in [0.25, 0.3) is 0 Å². The lowest BCUT2D eigenvalue weighted by Crippen LogP contribution is -2.59. The lowest BCUT2D eigenvalue weighted by Gasteiger charge is -2.48. The molecule has 1 aliphatic carbocycles. The molecule has 0 bridgehead atoms. The molecule has 4 fully saturated rings. The third-order valence-corrected chi connectivity index (χ3v) is 7.52. The number of piperidine rings is 1. The molecule has 0 aromatic rings. The topological polar surface area (TPSA) is 40.1 Å². The minimum Gasteiger partial charge on any atom is -0.381 e. The lowest BCUT2D eigenvalue weighted by molar-refractivity contribution is 0.0364. The van der Waals surface area contributed by atoms with Crippen LogP contribution in [0.2, 0.25) is 0 Å². The van der Waals surface area contributed by atoms with Gasteiger partial charge in [0.25, 0.3) is 0 Å². The van der Waals surface area contributed by atoms with E-state index in [9.17, 15) is 0 Å². The molecule has 5 nitrogen and oxygen atoms in total. The molecule has 3 saturated heterocycles. The van der Waals surface area contributed by atoms with Crippen molar-refractivity contribution in [1.82, 2.24) is 15.1 Å². The van der Waals surface area contributed by atoms with Gasteiger partial charge >= 0.3 is 0 Å². The summed E-state index contributed by atoms with van der Waals surface area (Å²) in [5.74, 6) is 1.12. The van der Waals surface area contributed by atoms with E-state index in [1.807, 2.05) is 7.05 Å². The molecule has 0 aromatic heterocycles. The Hall–Kier alpha value is -0.0800. The zero-order chi connectivity index (χ0) is 17.9. The molecule has 0 radical (unpaired) electrons. The van der Waals surface area contributed by atoms with Crippen LogP contribution < -0.4 is 5.32 Å². The molecule has 27 heavy (non-hydrogen) atoms. The number of halogens is 1. The number of nitrogens with zero attached hydrogens (tertiary/aromatic N) is 3. The Morgan fingerprint density at radius 3 is 2.37 bits per heavy atom. The smallest absolute Gasteiger partial charge is 0.193 e. The molecule has 4 aliphatic rings. The van der Waals surface area contributed by atoms with Gasteiger partial charge in [0.1, 0.15) is 0 Å². The highest BCUT2D eigenvalue weighted by molar-refractivity contribution is 14.0. The molecule has 0 aromatic carbocycles. The van der Waals surface area contributed by atoms with Crippen molar-refractivity contribution in [3.05, 3.63) is 0 Å². The summed E-state index contributed by atoms with van der Waals surface area (Å²) < 4.78 is 5.70. The average molecular weight is 490 g/mol. The summed E-state index contributed by atoms with van der Waals surface area (Å²) in [7, 11) is 1.95. The van der Waals surface area contributed by atoms with Gasteiger partial charge in [-0.15, -0.1) is 24.0 Å². The van der Waals surface area contributed by atoms with E-state index in [0.717, 1.165) is 38.8 Å². The van der Waals surface area contributed by atoms with Crippen molar-refractivity contribution in [3.63, 3.8) is 0 Å². The number of likely N-dealkylation sites (tertiary alicyclic amines) is 2. The first-order valence-electron chi connectivity index (χ1n) is 11.0. The molecule has 1 N–H and O–H groups in total. The van der Waals surface area contributed by atoms with Crippen LogP contribution in [0.3, 0.4) is 0 Å². The molecule has 6 heteroatoms. The van der Waals surface area contributed by atoms with Crippen molar-refractivity contribution in [1.29, 1.82) is 0 Å². The van der Waals surface area contributed by atoms with Crippen molar-refractivity contribution in [2.75, 3.05) is 53.0 Å². The van der Waals surface area contributed by atoms with Crippen molar-refractivity contribution in [2.24, 2.45) is 10.4 Å². The summed E-state index contributed by atoms with van der Waals surface area (Å²) in [5, 5.41) is 3.82. The standard InChI is InChI=1S/C21H38N4O.HI/c1-22-19(24-14-10-20(17-24)11-15-26-18-20)23-16-21(8-4-2-5-9-21)25-12-6-3-7-13-25;/h2-18H2,1H3,(H,22,23);1H. The number of hydrogen-bond acceptors (Lipinski definition) is 3. The molecule has 4 rings (SSSR count). The minimum atomic E-state index is 0. The van der Waals surface area contributed by atoms with Crippen molar-refractivity contribution < 1.29 is 4.74 Å². The highest BCUT2D eigenvalue weighted by Crippen LogP contribution is 2.38. The van der Waals surface area contributed by atoms with Gasteiger partial charge in [0, 0.05) is 44.2 Å². The van der Waals surface area contributed by atoms with E-state index < -0.39 is 0 Å². The summed E-state index contributed by atoms with van der Waals surface area (Å²) >= 11 is 0. The summed E-state index contributed by atoms with van der Waals surface area (Å²) in [6, 6.07) is 0. The van der Waals surface area contributed by atoms with Gasteiger partial charge in [-0.1, -0.05) is 25.7 Å². The maximum absolute atomic E-state index is 5.70. The molecule has 1 saturated carbocycles. The first-order valence-corrected chi connectivity index (χ1v) is 11.0. The number of aliphatic imine (C=N–C) groups is 1. The molecule has 1 spiro atoms. The summed E-state index contributed by atoms with van der Waals surface area (Å²) in [6.45, 7) is 7.79. The van der Waals surface area contributed by atoms with Gasteiger partial charge in [0.05, 0.1) is 6.61 Å². The van der Waals surface area contributed by atoms with Crippen LogP contribution in [-0.2, 0) is 4.74 Å². The number of ether oxygens (including phenoxy) is 1. The predicted molar refractivity (Wildman–Crippen MR) is 122 cm³/mol. The maximum atomic E-state index is 5.70. The maximum Gasteiger partial charge on any atom is 0.193 e. The monoisotopic (exact) mass is 490 g/mol. The van der Waals surface area contributed by atoms with Crippen LogP contribution in [0, 0.1) is 5.41 Å². The van der Waals surface area contributed by atoms with Gasteiger partial charge < -0.3 is 15.0 Å². The van der Waals surface area contributed by atoms with E-state index in [2.05, 4.69) is 20.1 Å². The zero-order valence-corrected chi connectivity index (χ0v) is 19.5. The molecular weight excluding hydrogens is 451 g/mol. The van der Waals surface area contributed by atoms with Crippen LogP contribution in [0.5, 0.6) is 0 Å². The normalized spacial score (nSPS) is 31.9. The molecule has 3 aliphatic heterocycles. The molecule has 1 unspecified atom stereocenters. The molecule has 3 heterocycles. The fourth-order valence-corrected chi connectivity index (χ4v) is 5.85. The SMILES string of the molecule is CN=C(NCC1(N2CCCCC2)CCCCC1)N1CCC2(CCOC2)C1.I. The third-order valence-electron chi connectivity index (χ3n) is 7.52. The molecular formula is C21H39IN4O. The van der Waals surface area contributed by atoms with Gasteiger partial charge in [-0.2, -0.15) is 0 Å². The zero-order valence-electron chi connectivity index (χ0n) is 17.2. The van der Waals surface area contributed by atoms with Crippen molar-refractivity contribution in [2.45, 2.75) is 69.7 Å². The van der Waals surface area contributed by atoms with E-state index in [4.69, 9.17) is 4.74 Å². The first-order chi connectivity index (χ1) is 12.8. The number of hydrogen-bond donors (Lipinski definition) is 1. The number of nitrogens with one attached hydrogen (secondary N) is 1. The Kier molecular flexibility index (Phi) is 7.70. The van der Waals surface area contributed by atoms with Crippen LogP contribution in [0.4, 0.5) is 0 Å². The van der Waals surface area contributed by atoms with E-state index in [1.165, 1.54) is 77.3 Å². The predicted octanol–water partition coefficient (Wildman–Crippen LogP) is 3.48. The number of rotatable bonds is 3. The summed E-state index contributed by atoms with van der Waals surface area (Å²) in [6.07, 6.45) is 13.6. The lowest BCUT2D eigenvalue weighted by atomic mass is 9.79. The molecule has 0 amide bonds. The van der Waals surface area contributed by atoms with Gasteiger partial charge in [-0.25, -0.2) is 0 Å². The minimum absolute atomic E-state index is 0. The van der Waals surface area contributed by atoms with Gasteiger partial charge in [0.15, 0.2) is 5.96 Å². The van der Waals surface area contributed by atoms with Crippen molar-refractivity contribution in [3.8, 4) is 0 Å². The fraction of sp³-hybridized carbons (Fsp3) is 0.952. The fourth-order valence-electron chi connectivity index (χ4n) is 5.85. The van der Waals surface area contributed by atoms with Gasteiger partial charge in [-0.3, -0.25) is 9.89 Å². The second kappa shape index (κ2) is 9.61. The largest absolute Gasteiger partial charge is 0.381 e. The van der Waals surface area contributed by atoms with Crippen LogP contribution in [0.1, 0.15) is 64.2 Å². The quantitative estimate of drug-likeness (QED) is 0.374. The second-order valence-corrected chi connectivity index (χ2v) is 9.21. The van der Waals surface area contributed by atoms with Gasteiger partial charge in [-0.05, 0) is 51.6 Å². The van der Waals surface area contributed by atoms with E-state index in [-0.39, 0.29) is 24.0 Å². The highest BCUT2D eigenvalue weighted by atomic mass is 127. The van der Waals surface area contributed by atoms with Crippen LogP contribution in [0.15, 0.2) is 4.99 Å². The Morgan fingerprint density at radius 2 is 1.70 bits per heavy atom.